The molecule has 0 aliphatic carbocycles. The molecular weight excluding hydrogens is 376 g/mol. The first-order valence-corrected chi connectivity index (χ1v) is 8.10. The van der Waals surface area contributed by atoms with Crippen LogP contribution >= 0.6 is 0 Å². The van der Waals surface area contributed by atoms with Crippen LogP contribution in [0.3, 0.4) is 0 Å². The number of alkyl halides is 2. The number of nitro benzene ring substituents is 1. The number of hydrogen-bond donors (Lipinski definition) is 2. The van der Waals surface area contributed by atoms with Crippen LogP contribution < -0.4 is 15.4 Å². The van der Waals surface area contributed by atoms with E-state index >= 15 is 0 Å². The third-order valence-corrected chi connectivity index (χ3v) is 3.72. The third-order valence-electron chi connectivity index (χ3n) is 3.72. The van der Waals surface area contributed by atoms with Crippen LogP contribution in [0.4, 0.5) is 14.5 Å². The van der Waals surface area contributed by atoms with Crippen molar-refractivity contribution in [3.05, 3.63) is 69.3 Å². The second kappa shape index (κ2) is 9.40. The van der Waals surface area contributed by atoms with Crippen LogP contribution in [0, 0.1) is 17.0 Å². The average molecular weight is 393 g/mol. The van der Waals surface area contributed by atoms with Crippen LogP contribution in [-0.4, -0.2) is 29.9 Å². The normalized spacial score (nSPS) is 10.4. The average Bonchev–Trinajstić information content (AvgIpc) is 2.65. The predicted molar refractivity (Wildman–Crippen MR) is 95.1 cm³/mol. The monoisotopic (exact) mass is 393 g/mol. The predicted octanol–water partition coefficient (Wildman–Crippen LogP) is 2.55. The first-order valence-electron chi connectivity index (χ1n) is 8.10. The highest BCUT2D eigenvalue weighted by Gasteiger charge is 2.15. The lowest BCUT2D eigenvalue weighted by Crippen LogP contribution is -2.36. The highest BCUT2D eigenvalue weighted by Crippen LogP contribution is 2.19. The van der Waals surface area contributed by atoms with E-state index in [0.29, 0.717) is 11.1 Å². The Bertz CT molecular complexity index is 872. The van der Waals surface area contributed by atoms with Crippen LogP contribution in [0.2, 0.25) is 0 Å². The minimum Gasteiger partial charge on any atom is -0.435 e. The van der Waals surface area contributed by atoms with E-state index in [4.69, 9.17) is 0 Å². The highest BCUT2D eigenvalue weighted by atomic mass is 19.3. The second-order valence-electron chi connectivity index (χ2n) is 5.74. The molecule has 0 aliphatic rings. The van der Waals surface area contributed by atoms with Gasteiger partial charge in [-0.15, -0.1) is 0 Å². The van der Waals surface area contributed by atoms with Gasteiger partial charge < -0.3 is 15.4 Å². The van der Waals surface area contributed by atoms with Gasteiger partial charge in [-0.1, -0.05) is 18.2 Å². The molecule has 0 fully saturated rings. The largest absolute Gasteiger partial charge is 0.435 e. The molecule has 10 heteroatoms. The van der Waals surface area contributed by atoms with Crippen LogP contribution in [0.15, 0.2) is 42.5 Å². The highest BCUT2D eigenvalue weighted by molar-refractivity contribution is 5.97. The molecule has 0 bridgehead atoms. The van der Waals surface area contributed by atoms with E-state index in [1.807, 2.05) is 0 Å². The lowest BCUT2D eigenvalue weighted by atomic mass is 10.1. The maximum absolute atomic E-state index is 12.1. The van der Waals surface area contributed by atoms with Crippen molar-refractivity contribution in [2.75, 3.05) is 6.54 Å². The zero-order valence-electron chi connectivity index (χ0n) is 14.8. The van der Waals surface area contributed by atoms with Crippen LogP contribution in [0.25, 0.3) is 0 Å². The van der Waals surface area contributed by atoms with Gasteiger partial charge in [-0.25, -0.2) is 0 Å². The molecule has 0 unspecified atom stereocenters. The first-order chi connectivity index (χ1) is 13.3. The van der Waals surface area contributed by atoms with E-state index in [1.54, 1.807) is 6.92 Å². The Kier molecular flexibility index (Phi) is 6.96. The van der Waals surface area contributed by atoms with E-state index in [1.165, 1.54) is 36.4 Å². The van der Waals surface area contributed by atoms with Crippen molar-refractivity contribution in [1.82, 2.24) is 10.6 Å². The van der Waals surface area contributed by atoms with E-state index in [-0.39, 0.29) is 30.1 Å². The van der Waals surface area contributed by atoms with E-state index < -0.39 is 23.3 Å². The Labute approximate surface area is 158 Å². The minimum atomic E-state index is -2.91. The molecule has 8 nitrogen and oxygen atoms in total. The van der Waals surface area contributed by atoms with Gasteiger partial charge in [0.25, 0.3) is 11.6 Å². The smallest absolute Gasteiger partial charge is 0.387 e. The van der Waals surface area contributed by atoms with Crippen molar-refractivity contribution in [3.8, 4) is 5.75 Å². The quantitative estimate of drug-likeness (QED) is 0.529. The Morgan fingerprint density at radius 2 is 1.82 bits per heavy atom. The molecule has 0 heterocycles. The molecule has 0 atom stereocenters. The summed E-state index contributed by atoms with van der Waals surface area (Å²) >= 11 is 0. The number of aryl methyl sites for hydroxylation is 1. The molecule has 0 aliphatic heterocycles. The Morgan fingerprint density at radius 1 is 1.14 bits per heavy atom. The molecule has 2 rings (SSSR count). The van der Waals surface area contributed by atoms with E-state index in [2.05, 4.69) is 15.4 Å². The van der Waals surface area contributed by atoms with Crippen molar-refractivity contribution in [2.24, 2.45) is 0 Å². The van der Waals surface area contributed by atoms with Gasteiger partial charge in [0.15, 0.2) is 0 Å². The minimum absolute atomic E-state index is 0.00420. The molecule has 0 saturated heterocycles. The zero-order chi connectivity index (χ0) is 20.7. The third kappa shape index (κ3) is 6.01. The Balaban J connectivity index is 1.83. The topological polar surface area (TPSA) is 111 Å². The lowest BCUT2D eigenvalue weighted by Gasteiger charge is -2.09. The molecule has 2 amide bonds. The molecule has 28 heavy (non-hydrogen) atoms. The molecule has 0 aromatic heterocycles. The number of ether oxygens (including phenoxy) is 1. The molecule has 2 aromatic rings. The SMILES string of the molecule is Cc1ccc(C(=O)NCC(=O)NCc2ccc(OC(F)F)cc2)cc1[N+](=O)[O-]. The van der Waals surface area contributed by atoms with Crippen LogP contribution in [0.5, 0.6) is 5.75 Å². The van der Waals surface area contributed by atoms with Crippen LogP contribution in [0.1, 0.15) is 21.5 Å². The van der Waals surface area contributed by atoms with Crippen molar-refractivity contribution in [1.29, 1.82) is 0 Å². The standard InChI is InChI=1S/C18H17F2N3O5/c1-11-2-5-13(8-15(11)23(26)27)17(25)22-10-16(24)21-9-12-3-6-14(7-4-12)28-18(19)20/h2-8,18H,9-10H2,1H3,(H,21,24)(H,22,25). The number of nitrogens with one attached hydrogen (secondary N) is 2. The Hall–Kier alpha value is -3.56. The van der Waals surface area contributed by atoms with Crippen molar-refractivity contribution in [2.45, 2.75) is 20.1 Å². The fourth-order valence-corrected chi connectivity index (χ4v) is 2.26. The summed E-state index contributed by atoms with van der Waals surface area (Å²) in [6, 6.07) is 9.75. The maximum atomic E-state index is 12.1. The van der Waals surface area contributed by atoms with Crippen molar-refractivity contribution < 1.29 is 28.0 Å². The van der Waals surface area contributed by atoms with E-state index in [9.17, 15) is 28.5 Å². The van der Waals surface area contributed by atoms with Gasteiger partial charge in [-0.3, -0.25) is 19.7 Å². The number of halogens is 2. The van der Waals surface area contributed by atoms with Crippen molar-refractivity contribution in [3.63, 3.8) is 0 Å². The molecule has 0 radical (unpaired) electrons. The molecule has 2 N–H and O–H groups in total. The molecule has 2 aromatic carbocycles. The Morgan fingerprint density at radius 3 is 2.43 bits per heavy atom. The van der Waals surface area contributed by atoms with Gasteiger partial charge in [0.05, 0.1) is 11.5 Å². The maximum Gasteiger partial charge on any atom is 0.387 e. The van der Waals surface area contributed by atoms with E-state index in [0.717, 1.165) is 6.07 Å². The summed E-state index contributed by atoms with van der Waals surface area (Å²) < 4.78 is 28.4. The molecule has 0 spiro atoms. The number of amides is 2. The van der Waals surface area contributed by atoms with Gasteiger partial charge >= 0.3 is 6.61 Å². The molecule has 0 saturated carbocycles. The number of benzene rings is 2. The summed E-state index contributed by atoms with van der Waals surface area (Å²) in [5, 5.41) is 15.8. The van der Waals surface area contributed by atoms with Crippen molar-refractivity contribution >= 4 is 17.5 Å². The molecular formula is C18H17F2N3O5. The summed E-state index contributed by atoms with van der Waals surface area (Å²) in [6.07, 6.45) is 0. The molecule has 148 valence electrons. The number of hydrogen-bond acceptors (Lipinski definition) is 5. The summed E-state index contributed by atoms with van der Waals surface area (Å²) in [7, 11) is 0. The number of carbonyl (C=O) groups is 2. The fourth-order valence-electron chi connectivity index (χ4n) is 2.26. The summed E-state index contributed by atoms with van der Waals surface area (Å²) in [6.45, 7) is -1.56. The fraction of sp³-hybridized carbons (Fsp3) is 0.222. The summed E-state index contributed by atoms with van der Waals surface area (Å²) in [5.74, 6) is -1.10. The van der Waals surface area contributed by atoms with Gasteiger partial charge in [0, 0.05) is 23.7 Å². The number of nitrogens with zero attached hydrogens (tertiary/aromatic N) is 1. The van der Waals surface area contributed by atoms with Crippen LogP contribution in [-0.2, 0) is 11.3 Å². The van der Waals surface area contributed by atoms with Gasteiger partial charge in [0.1, 0.15) is 5.75 Å². The number of nitro groups is 1. The first kappa shape index (κ1) is 20.7. The summed E-state index contributed by atoms with van der Waals surface area (Å²) in [5.41, 5.74) is 0.954. The van der Waals surface area contributed by atoms with Gasteiger partial charge in [-0.05, 0) is 30.7 Å². The zero-order valence-corrected chi connectivity index (χ0v) is 14.8. The lowest BCUT2D eigenvalue weighted by molar-refractivity contribution is -0.385. The van der Waals surface area contributed by atoms with Gasteiger partial charge in [-0.2, -0.15) is 8.78 Å². The second-order valence-corrected chi connectivity index (χ2v) is 5.74. The number of carbonyl (C=O) groups excluding carboxylic acids is 2. The number of rotatable bonds is 8. The summed E-state index contributed by atoms with van der Waals surface area (Å²) in [4.78, 5) is 34.2. The van der Waals surface area contributed by atoms with Gasteiger partial charge in [0.2, 0.25) is 5.91 Å².